The first kappa shape index (κ1) is 19.4. The molecule has 4 amide bonds. The zero-order valence-corrected chi connectivity index (χ0v) is 17.0. The molecule has 0 radical (unpaired) electrons. The monoisotopic (exact) mass is 393 g/mol. The third kappa shape index (κ3) is 3.59. The van der Waals surface area contributed by atoms with Crippen LogP contribution in [0.3, 0.4) is 0 Å². The molecular formula is C23H27N3O3. The van der Waals surface area contributed by atoms with Gasteiger partial charge in [-0.25, -0.2) is 4.79 Å². The van der Waals surface area contributed by atoms with E-state index < -0.39 is 11.6 Å². The molecule has 0 bridgehead atoms. The van der Waals surface area contributed by atoms with Crippen LogP contribution in [0.15, 0.2) is 42.5 Å². The first-order valence-corrected chi connectivity index (χ1v) is 10.3. The Morgan fingerprint density at radius 2 is 1.90 bits per heavy atom. The second-order valence-electron chi connectivity index (χ2n) is 8.26. The molecule has 0 aromatic heterocycles. The number of imide groups is 1. The molecule has 4 rings (SSSR count). The topological polar surface area (TPSA) is 69.7 Å². The van der Waals surface area contributed by atoms with Gasteiger partial charge in [0.15, 0.2) is 0 Å². The van der Waals surface area contributed by atoms with E-state index in [4.69, 9.17) is 0 Å². The predicted molar refractivity (Wildman–Crippen MR) is 111 cm³/mol. The number of fused-ring (bicyclic) bond motifs is 1. The molecule has 152 valence electrons. The predicted octanol–water partition coefficient (Wildman–Crippen LogP) is 3.26. The number of rotatable bonds is 7. The molecule has 6 heteroatoms. The van der Waals surface area contributed by atoms with Gasteiger partial charge in [0, 0.05) is 13.1 Å². The highest BCUT2D eigenvalue weighted by molar-refractivity contribution is 6.10. The average molecular weight is 393 g/mol. The summed E-state index contributed by atoms with van der Waals surface area (Å²) in [5.74, 6) is 0.0223. The summed E-state index contributed by atoms with van der Waals surface area (Å²) in [4.78, 5) is 41.7. The third-order valence-corrected chi connectivity index (χ3v) is 5.92. The lowest BCUT2D eigenvalue weighted by atomic mass is 9.88. The highest BCUT2D eigenvalue weighted by atomic mass is 16.2. The zero-order valence-electron chi connectivity index (χ0n) is 17.0. The number of nitrogens with one attached hydrogen (secondary N) is 1. The summed E-state index contributed by atoms with van der Waals surface area (Å²) in [5, 5.41) is 4.75. The summed E-state index contributed by atoms with van der Waals surface area (Å²) in [6.07, 6.45) is 3.15. The lowest BCUT2D eigenvalue weighted by molar-refractivity contribution is -0.139. The fraction of sp³-hybridized carbons (Fsp3) is 0.435. The van der Waals surface area contributed by atoms with E-state index in [1.165, 1.54) is 0 Å². The summed E-state index contributed by atoms with van der Waals surface area (Å²) in [7, 11) is 0. The molecular weight excluding hydrogens is 366 g/mol. The molecule has 0 unspecified atom stereocenters. The molecule has 1 N–H and O–H groups in total. The van der Waals surface area contributed by atoms with E-state index in [2.05, 4.69) is 5.32 Å². The Hall–Kier alpha value is -2.89. The van der Waals surface area contributed by atoms with Crippen molar-refractivity contribution in [1.29, 1.82) is 0 Å². The van der Waals surface area contributed by atoms with Crippen LogP contribution in [0.1, 0.15) is 38.7 Å². The van der Waals surface area contributed by atoms with Crippen LogP contribution < -0.4 is 5.32 Å². The van der Waals surface area contributed by atoms with Crippen molar-refractivity contribution in [2.24, 2.45) is 5.92 Å². The lowest BCUT2D eigenvalue weighted by Gasteiger charge is -2.26. The maximum absolute atomic E-state index is 13.3. The minimum Gasteiger partial charge on any atom is -0.341 e. The van der Waals surface area contributed by atoms with Crippen molar-refractivity contribution >= 4 is 28.6 Å². The Kier molecular flexibility index (Phi) is 5.03. The highest BCUT2D eigenvalue weighted by Gasteiger charge is 2.50. The van der Waals surface area contributed by atoms with Crippen molar-refractivity contribution in [3.8, 4) is 0 Å². The Morgan fingerprint density at radius 3 is 2.62 bits per heavy atom. The molecule has 2 aliphatic rings. The second-order valence-corrected chi connectivity index (χ2v) is 8.26. The third-order valence-electron chi connectivity index (χ3n) is 5.92. The van der Waals surface area contributed by atoms with Crippen molar-refractivity contribution in [2.75, 3.05) is 19.6 Å². The average Bonchev–Trinajstić information content (AvgIpc) is 3.51. The molecule has 29 heavy (non-hydrogen) atoms. The normalized spacial score (nSPS) is 21.5. The smallest absolute Gasteiger partial charge is 0.325 e. The van der Waals surface area contributed by atoms with Crippen LogP contribution >= 0.6 is 0 Å². The van der Waals surface area contributed by atoms with E-state index in [-0.39, 0.29) is 18.4 Å². The van der Waals surface area contributed by atoms with Gasteiger partial charge in [-0.2, -0.15) is 0 Å². The van der Waals surface area contributed by atoms with E-state index in [1.54, 1.807) is 11.8 Å². The number of hydrogen-bond donors (Lipinski definition) is 1. The van der Waals surface area contributed by atoms with Gasteiger partial charge in [0.1, 0.15) is 12.1 Å². The standard InChI is InChI=1S/C23H27N3O3/c1-3-13-25(14-16-11-12-16)20(27)15-26-21(28)23(2,24-22(26)29)19-10-6-8-17-7-4-5-9-18(17)19/h4-10,16H,3,11-15H2,1-2H3,(H,24,29)/t23-/m0/s1. The molecule has 2 aromatic carbocycles. The van der Waals surface area contributed by atoms with E-state index >= 15 is 0 Å². The summed E-state index contributed by atoms with van der Waals surface area (Å²) in [6.45, 7) is 4.90. The van der Waals surface area contributed by atoms with Crippen LogP contribution in [-0.4, -0.2) is 47.3 Å². The van der Waals surface area contributed by atoms with Gasteiger partial charge in [-0.05, 0) is 48.4 Å². The number of nitrogens with zero attached hydrogens (tertiary/aromatic N) is 2. The minimum atomic E-state index is -1.19. The molecule has 1 saturated carbocycles. The van der Waals surface area contributed by atoms with Crippen LogP contribution in [0, 0.1) is 5.92 Å². The maximum atomic E-state index is 13.3. The first-order chi connectivity index (χ1) is 13.9. The van der Waals surface area contributed by atoms with E-state index in [0.717, 1.165) is 47.0 Å². The SMILES string of the molecule is CCCN(CC1CC1)C(=O)CN1C(=O)N[C@@](C)(c2cccc3ccccc23)C1=O. The number of urea groups is 1. The second kappa shape index (κ2) is 7.50. The van der Waals surface area contributed by atoms with Gasteiger partial charge in [-0.3, -0.25) is 14.5 Å². The van der Waals surface area contributed by atoms with Crippen LogP contribution in [0.25, 0.3) is 10.8 Å². The maximum Gasteiger partial charge on any atom is 0.325 e. The summed E-state index contributed by atoms with van der Waals surface area (Å²) >= 11 is 0. The molecule has 1 aliphatic carbocycles. The Balaban J connectivity index is 1.58. The number of benzene rings is 2. The first-order valence-electron chi connectivity index (χ1n) is 10.3. The molecule has 1 saturated heterocycles. The van der Waals surface area contributed by atoms with Gasteiger partial charge in [0.2, 0.25) is 5.91 Å². The molecule has 1 heterocycles. The summed E-state index contributed by atoms with van der Waals surface area (Å²) in [6, 6.07) is 13.0. The minimum absolute atomic E-state index is 0.163. The van der Waals surface area contributed by atoms with Crippen LogP contribution in [-0.2, 0) is 15.1 Å². The van der Waals surface area contributed by atoms with Crippen molar-refractivity contribution < 1.29 is 14.4 Å². The molecule has 1 aliphatic heterocycles. The van der Waals surface area contributed by atoms with Crippen LogP contribution in [0.4, 0.5) is 4.79 Å². The van der Waals surface area contributed by atoms with Crippen molar-refractivity contribution in [3.05, 3.63) is 48.0 Å². The summed E-state index contributed by atoms with van der Waals surface area (Å²) in [5.41, 5.74) is -0.447. The number of hydrogen-bond acceptors (Lipinski definition) is 3. The van der Waals surface area contributed by atoms with Crippen molar-refractivity contribution in [2.45, 2.75) is 38.6 Å². The van der Waals surface area contributed by atoms with E-state index in [1.807, 2.05) is 49.4 Å². The fourth-order valence-corrected chi connectivity index (χ4v) is 4.12. The molecule has 6 nitrogen and oxygen atoms in total. The molecule has 2 aromatic rings. The number of carbonyl (C=O) groups is 3. The van der Waals surface area contributed by atoms with Crippen LogP contribution in [0.2, 0.25) is 0 Å². The number of amides is 4. The lowest BCUT2D eigenvalue weighted by Crippen LogP contribution is -2.45. The Bertz CT molecular complexity index is 963. The molecule has 2 fully saturated rings. The fourth-order valence-electron chi connectivity index (χ4n) is 4.12. The van der Waals surface area contributed by atoms with Gasteiger partial charge in [0.25, 0.3) is 5.91 Å². The number of carbonyl (C=O) groups excluding carboxylic acids is 3. The van der Waals surface area contributed by atoms with Gasteiger partial charge in [0.05, 0.1) is 0 Å². The van der Waals surface area contributed by atoms with Gasteiger partial charge in [-0.15, -0.1) is 0 Å². The van der Waals surface area contributed by atoms with Crippen molar-refractivity contribution in [1.82, 2.24) is 15.1 Å². The molecule has 1 atom stereocenters. The quantitative estimate of drug-likeness (QED) is 0.734. The highest BCUT2D eigenvalue weighted by Crippen LogP contribution is 2.34. The van der Waals surface area contributed by atoms with Gasteiger partial charge in [-0.1, -0.05) is 49.4 Å². The van der Waals surface area contributed by atoms with Gasteiger partial charge < -0.3 is 10.2 Å². The van der Waals surface area contributed by atoms with Gasteiger partial charge >= 0.3 is 6.03 Å². The van der Waals surface area contributed by atoms with Crippen LogP contribution in [0.5, 0.6) is 0 Å². The van der Waals surface area contributed by atoms with Crippen molar-refractivity contribution in [3.63, 3.8) is 0 Å². The van der Waals surface area contributed by atoms with E-state index in [9.17, 15) is 14.4 Å². The molecule has 0 spiro atoms. The van der Waals surface area contributed by atoms with E-state index in [0.29, 0.717) is 12.5 Å². The Morgan fingerprint density at radius 1 is 1.17 bits per heavy atom. The Labute approximate surface area is 170 Å². The zero-order chi connectivity index (χ0) is 20.6. The largest absolute Gasteiger partial charge is 0.341 e. The summed E-state index contributed by atoms with van der Waals surface area (Å²) < 4.78 is 0.